The maximum Gasteiger partial charge on any atom is 0.0833 e. The Morgan fingerprint density at radius 3 is 2.86 bits per heavy atom. The first-order valence-electron chi connectivity index (χ1n) is 6.30. The van der Waals surface area contributed by atoms with Crippen molar-refractivity contribution in [1.29, 1.82) is 0 Å². The molecule has 0 aliphatic rings. The van der Waals surface area contributed by atoms with Crippen LogP contribution in [0.25, 0.3) is 22.0 Å². The van der Waals surface area contributed by atoms with Gasteiger partial charge in [-0.2, -0.15) is 5.10 Å². The SMILES string of the molecule is CC(=S)NCc1[nH]c2c(Cl)c(Cl)ccc2c1-c1cn[nH]c1. The minimum Gasteiger partial charge on any atom is -0.374 e. The second-order valence-electron chi connectivity index (χ2n) is 4.66. The molecule has 0 aliphatic heterocycles. The van der Waals surface area contributed by atoms with Crippen LogP contribution in [0.4, 0.5) is 0 Å². The minimum absolute atomic E-state index is 0.518. The fourth-order valence-corrected chi connectivity index (χ4v) is 2.76. The Balaban J connectivity index is 2.22. The lowest BCUT2D eigenvalue weighted by Crippen LogP contribution is -2.17. The molecule has 4 nitrogen and oxygen atoms in total. The summed E-state index contributed by atoms with van der Waals surface area (Å²) in [6, 6.07) is 3.75. The predicted molar refractivity (Wildman–Crippen MR) is 91.0 cm³/mol. The third-order valence-electron chi connectivity index (χ3n) is 3.24. The lowest BCUT2D eigenvalue weighted by atomic mass is 10.1. The van der Waals surface area contributed by atoms with Crippen molar-refractivity contribution >= 4 is 51.3 Å². The van der Waals surface area contributed by atoms with Crippen molar-refractivity contribution in [2.24, 2.45) is 0 Å². The summed E-state index contributed by atoms with van der Waals surface area (Å²) in [5.74, 6) is 0. The number of aromatic nitrogens is 3. The molecule has 0 unspecified atom stereocenters. The Hall–Kier alpha value is -1.56. The third kappa shape index (κ3) is 2.64. The van der Waals surface area contributed by atoms with Gasteiger partial charge in [-0.15, -0.1) is 0 Å². The molecule has 0 fully saturated rings. The molecule has 7 heteroatoms. The zero-order valence-electron chi connectivity index (χ0n) is 11.1. The number of H-pyrrole nitrogens is 2. The molecular formula is C14H12Cl2N4S. The van der Waals surface area contributed by atoms with Gasteiger partial charge < -0.3 is 10.3 Å². The van der Waals surface area contributed by atoms with Crippen LogP contribution in [-0.2, 0) is 6.54 Å². The van der Waals surface area contributed by atoms with E-state index in [-0.39, 0.29) is 0 Å². The summed E-state index contributed by atoms with van der Waals surface area (Å²) in [5, 5.41) is 12.0. The van der Waals surface area contributed by atoms with Gasteiger partial charge in [0.1, 0.15) is 0 Å². The number of rotatable bonds is 3. The van der Waals surface area contributed by atoms with Crippen LogP contribution in [0.1, 0.15) is 12.6 Å². The highest BCUT2D eigenvalue weighted by Crippen LogP contribution is 2.38. The minimum atomic E-state index is 0.518. The highest BCUT2D eigenvalue weighted by atomic mass is 35.5. The molecule has 2 aromatic heterocycles. The van der Waals surface area contributed by atoms with E-state index in [1.54, 1.807) is 12.3 Å². The maximum atomic E-state index is 6.30. The summed E-state index contributed by atoms with van der Waals surface area (Å²) in [6.07, 6.45) is 3.62. The van der Waals surface area contributed by atoms with E-state index in [1.165, 1.54) is 0 Å². The number of hydrogen-bond donors (Lipinski definition) is 3. The summed E-state index contributed by atoms with van der Waals surface area (Å²) in [5.41, 5.74) is 3.83. The Labute approximate surface area is 136 Å². The van der Waals surface area contributed by atoms with Gasteiger partial charge in [0.2, 0.25) is 0 Å². The van der Waals surface area contributed by atoms with Crippen LogP contribution in [0, 0.1) is 0 Å². The van der Waals surface area contributed by atoms with Crippen LogP contribution in [0.5, 0.6) is 0 Å². The van der Waals surface area contributed by atoms with Gasteiger partial charge in [-0.25, -0.2) is 0 Å². The summed E-state index contributed by atoms with van der Waals surface area (Å²) < 4.78 is 0. The van der Waals surface area contributed by atoms with Gasteiger partial charge in [-0.05, 0) is 13.0 Å². The van der Waals surface area contributed by atoms with Crippen LogP contribution in [-0.4, -0.2) is 20.2 Å². The normalized spacial score (nSPS) is 11.0. The fraction of sp³-hybridized carbons (Fsp3) is 0.143. The number of nitrogens with zero attached hydrogens (tertiary/aromatic N) is 1. The monoisotopic (exact) mass is 338 g/mol. The predicted octanol–water partition coefficient (Wildman–Crippen LogP) is 4.30. The van der Waals surface area contributed by atoms with Crippen molar-refractivity contribution in [2.45, 2.75) is 13.5 Å². The Morgan fingerprint density at radius 1 is 1.38 bits per heavy atom. The molecule has 0 amide bonds. The van der Waals surface area contributed by atoms with Gasteiger partial charge >= 0.3 is 0 Å². The molecule has 1 aromatic carbocycles. The van der Waals surface area contributed by atoms with Crippen molar-refractivity contribution in [1.82, 2.24) is 20.5 Å². The van der Waals surface area contributed by atoms with E-state index in [9.17, 15) is 0 Å². The molecule has 3 aromatic rings. The van der Waals surface area contributed by atoms with Gasteiger partial charge in [0.25, 0.3) is 0 Å². The maximum absolute atomic E-state index is 6.30. The van der Waals surface area contributed by atoms with Crippen molar-refractivity contribution in [3.63, 3.8) is 0 Å². The van der Waals surface area contributed by atoms with Crippen molar-refractivity contribution < 1.29 is 0 Å². The van der Waals surface area contributed by atoms with Crippen LogP contribution in [0.2, 0.25) is 10.0 Å². The van der Waals surface area contributed by atoms with E-state index in [2.05, 4.69) is 20.5 Å². The quantitative estimate of drug-likeness (QED) is 0.624. The molecular weight excluding hydrogens is 327 g/mol. The highest BCUT2D eigenvalue weighted by Gasteiger charge is 2.17. The number of thiocarbonyl (C=S) groups is 1. The molecule has 0 aliphatic carbocycles. The summed E-state index contributed by atoms with van der Waals surface area (Å²) >= 11 is 17.5. The van der Waals surface area contributed by atoms with E-state index in [0.29, 0.717) is 16.6 Å². The van der Waals surface area contributed by atoms with E-state index in [0.717, 1.165) is 32.7 Å². The van der Waals surface area contributed by atoms with E-state index in [1.807, 2.05) is 19.2 Å². The standard InChI is InChI=1S/C14H12Cl2N4S/c1-7(21)17-6-11-12(8-4-18-19-5-8)9-2-3-10(15)13(16)14(9)20-11/h2-5,20H,6H2,1H3,(H,17,21)(H,18,19). The van der Waals surface area contributed by atoms with E-state index >= 15 is 0 Å². The molecule has 3 rings (SSSR count). The van der Waals surface area contributed by atoms with Crippen LogP contribution in [0.15, 0.2) is 24.5 Å². The van der Waals surface area contributed by atoms with Crippen molar-refractivity contribution in [3.8, 4) is 11.1 Å². The second kappa shape index (κ2) is 5.67. The molecule has 0 spiro atoms. The molecule has 0 saturated carbocycles. The molecule has 0 atom stereocenters. The Bertz CT molecular complexity index is 808. The van der Waals surface area contributed by atoms with E-state index in [4.69, 9.17) is 35.4 Å². The van der Waals surface area contributed by atoms with Crippen molar-refractivity contribution in [3.05, 3.63) is 40.3 Å². The second-order valence-corrected chi connectivity index (χ2v) is 6.06. The number of halogens is 2. The average molecular weight is 339 g/mol. The van der Waals surface area contributed by atoms with Gasteiger partial charge in [0.05, 0.1) is 33.3 Å². The largest absolute Gasteiger partial charge is 0.374 e. The van der Waals surface area contributed by atoms with Crippen LogP contribution in [0.3, 0.4) is 0 Å². The zero-order valence-corrected chi connectivity index (χ0v) is 13.5. The first kappa shape index (κ1) is 14.4. The fourth-order valence-electron chi connectivity index (χ4n) is 2.32. The highest BCUT2D eigenvalue weighted by molar-refractivity contribution is 7.80. The molecule has 0 bridgehead atoms. The number of aromatic amines is 2. The van der Waals surface area contributed by atoms with Gasteiger partial charge in [-0.1, -0.05) is 41.5 Å². The summed E-state index contributed by atoms with van der Waals surface area (Å²) in [4.78, 5) is 4.07. The number of fused-ring (bicyclic) bond motifs is 1. The summed E-state index contributed by atoms with van der Waals surface area (Å²) in [6.45, 7) is 2.43. The molecule has 0 saturated heterocycles. The first-order valence-corrected chi connectivity index (χ1v) is 7.46. The van der Waals surface area contributed by atoms with Gasteiger partial charge in [0, 0.05) is 28.4 Å². The van der Waals surface area contributed by atoms with Crippen molar-refractivity contribution in [2.75, 3.05) is 0 Å². The Morgan fingerprint density at radius 2 is 2.19 bits per heavy atom. The van der Waals surface area contributed by atoms with E-state index < -0.39 is 0 Å². The van der Waals surface area contributed by atoms with Gasteiger partial charge in [0.15, 0.2) is 0 Å². The topological polar surface area (TPSA) is 56.5 Å². The smallest absolute Gasteiger partial charge is 0.0833 e. The zero-order chi connectivity index (χ0) is 15.0. The lowest BCUT2D eigenvalue weighted by molar-refractivity contribution is 0.897. The molecule has 3 N–H and O–H groups in total. The molecule has 2 heterocycles. The third-order valence-corrected chi connectivity index (χ3v) is 4.19. The number of benzene rings is 1. The van der Waals surface area contributed by atoms with Crippen LogP contribution < -0.4 is 5.32 Å². The number of nitrogens with one attached hydrogen (secondary N) is 3. The molecule has 108 valence electrons. The number of hydrogen-bond acceptors (Lipinski definition) is 2. The summed E-state index contributed by atoms with van der Waals surface area (Å²) in [7, 11) is 0. The molecule has 21 heavy (non-hydrogen) atoms. The first-order chi connectivity index (χ1) is 10.1. The average Bonchev–Trinajstić information content (AvgIpc) is 3.07. The Kier molecular flexibility index (Phi) is 3.89. The van der Waals surface area contributed by atoms with Crippen LogP contribution >= 0.6 is 35.4 Å². The lowest BCUT2D eigenvalue weighted by Gasteiger charge is -2.05. The molecule has 0 radical (unpaired) electrons. The van der Waals surface area contributed by atoms with Gasteiger partial charge in [-0.3, -0.25) is 5.10 Å².